The van der Waals surface area contributed by atoms with E-state index in [9.17, 15) is 14.9 Å². The van der Waals surface area contributed by atoms with Crippen LogP contribution < -0.4 is 4.74 Å². The van der Waals surface area contributed by atoms with Crippen molar-refractivity contribution >= 4 is 22.2 Å². The lowest BCUT2D eigenvalue weighted by Crippen LogP contribution is -1.96. The fourth-order valence-electron chi connectivity index (χ4n) is 2.44. The zero-order chi connectivity index (χ0) is 17.1. The van der Waals surface area contributed by atoms with Crippen molar-refractivity contribution in [1.29, 1.82) is 0 Å². The number of hydrogen-bond donors (Lipinski definition) is 0. The van der Waals surface area contributed by atoms with Crippen LogP contribution in [0.4, 0.5) is 5.69 Å². The fourth-order valence-corrected chi connectivity index (χ4v) is 2.44. The van der Waals surface area contributed by atoms with Crippen LogP contribution in [0.5, 0.6) is 11.5 Å². The smallest absolute Gasteiger partial charge is 0.279 e. The van der Waals surface area contributed by atoms with Gasteiger partial charge < -0.3 is 4.74 Å². The highest BCUT2D eigenvalue weighted by molar-refractivity contribution is 5.96. The van der Waals surface area contributed by atoms with Gasteiger partial charge in [-0.25, -0.2) is 0 Å². The first-order valence-corrected chi connectivity index (χ1v) is 7.42. The maximum Gasteiger partial charge on any atom is 0.279 e. The van der Waals surface area contributed by atoms with E-state index >= 15 is 0 Å². The van der Waals surface area contributed by atoms with Gasteiger partial charge in [0.1, 0.15) is 11.5 Å². The van der Waals surface area contributed by atoms with Crippen LogP contribution in [0.15, 0.2) is 54.9 Å². The number of ketones is 1. The summed E-state index contributed by atoms with van der Waals surface area (Å²) in [5, 5.41) is 12.1. The molecular weight excluding hydrogens is 308 g/mol. The molecular formula is C18H14N2O4. The molecule has 0 aliphatic heterocycles. The van der Waals surface area contributed by atoms with Crippen molar-refractivity contribution < 1.29 is 14.5 Å². The molecule has 6 heteroatoms. The molecule has 3 rings (SSSR count). The first-order valence-electron chi connectivity index (χ1n) is 7.42. The van der Waals surface area contributed by atoms with E-state index in [-0.39, 0.29) is 11.5 Å². The summed E-state index contributed by atoms with van der Waals surface area (Å²) in [6.45, 7) is 1.81. The van der Waals surface area contributed by atoms with Crippen molar-refractivity contribution in [3.63, 3.8) is 0 Å². The predicted octanol–water partition coefficient (Wildman–Crippen LogP) is 4.53. The Morgan fingerprint density at radius 3 is 2.54 bits per heavy atom. The molecule has 0 N–H and O–H groups in total. The third-order valence-corrected chi connectivity index (χ3v) is 3.68. The largest absolute Gasteiger partial charge is 0.457 e. The molecule has 1 aromatic heterocycles. The molecule has 6 nitrogen and oxygen atoms in total. The maximum atomic E-state index is 11.6. The van der Waals surface area contributed by atoms with Gasteiger partial charge in [-0.15, -0.1) is 0 Å². The number of aromatic nitrogens is 1. The highest BCUT2D eigenvalue weighted by Crippen LogP contribution is 2.34. The van der Waals surface area contributed by atoms with Crippen LogP contribution >= 0.6 is 0 Å². The van der Waals surface area contributed by atoms with Crippen LogP contribution in [0, 0.1) is 10.1 Å². The lowest BCUT2D eigenvalue weighted by Gasteiger charge is -2.09. The quantitative estimate of drug-likeness (QED) is 0.391. The van der Waals surface area contributed by atoms with Gasteiger partial charge in [0.15, 0.2) is 5.78 Å². The van der Waals surface area contributed by atoms with E-state index < -0.39 is 4.92 Å². The summed E-state index contributed by atoms with van der Waals surface area (Å²) in [7, 11) is 0. The molecule has 0 atom stereocenters. The second kappa shape index (κ2) is 6.45. The Balaban J connectivity index is 1.97. The molecule has 0 aliphatic rings. The number of hydrogen-bond acceptors (Lipinski definition) is 5. The van der Waals surface area contributed by atoms with E-state index in [1.807, 2.05) is 6.92 Å². The minimum atomic E-state index is -0.445. The Labute approximate surface area is 137 Å². The second-order valence-corrected chi connectivity index (χ2v) is 5.16. The molecule has 1 heterocycles. The van der Waals surface area contributed by atoms with Crippen molar-refractivity contribution in [2.75, 3.05) is 0 Å². The zero-order valence-electron chi connectivity index (χ0n) is 12.9. The van der Waals surface area contributed by atoms with E-state index in [1.54, 1.807) is 42.6 Å². The Kier molecular flexibility index (Phi) is 4.20. The summed E-state index contributed by atoms with van der Waals surface area (Å²) in [5.74, 6) is 1.11. The molecule has 2 aromatic carbocycles. The van der Waals surface area contributed by atoms with Gasteiger partial charge in [0.2, 0.25) is 0 Å². The minimum Gasteiger partial charge on any atom is -0.457 e. The summed E-state index contributed by atoms with van der Waals surface area (Å²) < 4.78 is 5.83. The molecule has 3 aromatic rings. The Bertz CT molecular complexity index is 920. The molecule has 0 fully saturated rings. The van der Waals surface area contributed by atoms with Crippen molar-refractivity contribution in [3.8, 4) is 11.5 Å². The van der Waals surface area contributed by atoms with E-state index in [2.05, 4.69) is 4.98 Å². The number of ether oxygens (including phenoxy) is 1. The Hall–Kier alpha value is -3.28. The monoisotopic (exact) mass is 322 g/mol. The predicted molar refractivity (Wildman–Crippen MR) is 89.5 cm³/mol. The molecule has 0 aliphatic carbocycles. The van der Waals surface area contributed by atoms with Gasteiger partial charge in [-0.1, -0.05) is 6.92 Å². The number of carbonyl (C=O) groups excluding carboxylic acids is 1. The van der Waals surface area contributed by atoms with E-state index in [0.717, 1.165) is 0 Å². The number of nitrogens with zero attached hydrogens (tertiary/aromatic N) is 2. The third kappa shape index (κ3) is 2.94. The van der Waals surface area contributed by atoms with Crippen LogP contribution in [-0.2, 0) is 0 Å². The molecule has 0 bridgehead atoms. The van der Waals surface area contributed by atoms with E-state index in [0.29, 0.717) is 34.3 Å². The van der Waals surface area contributed by atoms with Gasteiger partial charge in [-0.05, 0) is 36.4 Å². The van der Waals surface area contributed by atoms with Crippen molar-refractivity contribution in [3.05, 3.63) is 70.5 Å². The molecule has 0 unspecified atom stereocenters. The number of pyridine rings is 1. The molecule has 0 amide bonds. The molecule has 0 spiro atoms. The van der Waals surface area contributed by atoms with Gasteiger partial charge in [0.25, 0.3) is 5.69 Å². The van der Waals surface area contributed by atoms with Crippen LogP contribution in [0.2, 0.25) is 0 Å². The first-order chi connectivity index (χ1) is 11.6. The summed E-state index contributed by atoms with van der Waals surface area (Å²) in [5.41, 5.74) is 0.608. The number of carbonyl (C=O) groups is 1. The lowest BCUT2D eigenvalue weighted by molar-refractivity contribution is -0.383. The highest BCUT2D eigenvalue weighted by atomic mass is 16.6. The van der Waals surface area contributed by atoms with E-state index in [1.165, 1.54) is 12.3 Å². The standard InChI is InChI=1S/C18H14N2O4/c1-2-17(21)12-3-5-13(6-4-12)24-18-8-7-16(20(22)23)15-11-19-10-9-14(15)18/h3-11H,2H2,1H3. The fraction of sp³-hybridized carbons (Fsp3) is 0.111. The normalized spacial score (nSPS) is 10.5. The van der Waals surface area contributed by atoms with Crippen molar-refractivity contribution in [2.24, 2.45) is 0 Å². The van der Waals surface area contributed by atoms with Gasteiger partial charge in [-0.3, -0.25) is 19.9 Å². The van der Waals surface area contributed by atoms with Crippen LogP contribution in [0.1, 0.15) is 23.7 Å². The third-order valence-electron chi connectivity index (χ3n) is 3.68. The summed E-state index contributed by atoms with van der Waals surface area (Å²) in [6, 6.07) is 11.5. The van der Waals surface area contributed by atoms with Crippen LogP contribution in [-0.4, -0.2) is 15.7 Å². The average Bonchev–Trinajstić information content (AvgIpc) is 2.61. The average molecular weight is 322 g/mol. The van der Waals surface area contributed by atoms with Gasteiger partial charge >= 0.3 is 0 Å². The summed E-state index contributed by atoms with van der Waals surface area (Å²) in [6.07, 6.45) is 3.45. The Morgan fingerprint density at radius 1 is 1.12 bits per heavy atom. The van der Waals surface area contributed by atoms with Crippen LogP contribution in [0.25, 0.3) is 10.8 Å². The van der Waals surface area contributed by atoms with Gasteiger partial charge in [0, 0.05) is 35.8 Å². The molecule has 0 saturated carbocycles. The number of rotatable bonds is 5. The number of non-ortho nitro benzene ring substituents is 1. The molecule has 24 heavy (non-hydrogen) atoms. The highest BCUT2D eigenvalue weighted by Gasteiger charge is 2.15. The van der Waals surface area contributed by atoms with Crippen molar-refractivity contribution in [2.45, 2.75) is 13.3 Å². The van der Waals surface area contributed by atoms with Crippen LogP contribution in [0.3, 0.4) is 0 Å². The van der Waals surface area contributed by atoms with Gasteiger partial charge in [-0.2, -0.15) is 0 Å². The topological polar surface area (TPSA) is 82.3 Å². The molecule has 0 saturated heterocycles. The SMILES string of the molecule is CCC(=O)c1ccc(Oc2ccc([N+](=O)[O-])c3cnccc23)cc1. The number of nitro groups is 1. The van der Waals surface area contributed by atoms with Crippen molar-refractivity contribution in [1.82, 2.24) is 4.98 Å². The molecule has 120 valence electrons. The number of nitro benzene ring substituents is 1. The first kappa shape index (κ1) is 15.6. The summed E-state index contributed by atoms with van der Waals surface area (Å²) in [4.78, 5) is 26.3. The number of benzene rings is 2. The maximum absolute atomic E-state index is 11.6. The van der Waals surface area contributed by atoms with E-state index in [4.69, 9.17) is 4.74 Å². The number of fused-ring (bicyclic) bond motifs is 1. The number of Topliss-reactive ketones (excluding diaryl/α,β-unsaturated/α-hetero) is 1. The Morgan fingerprint density at radius 2 is 1.88 bits per heavy atom. The summed E-state index contributed by atoms with van der Waals surface area (Å²) >= 11 is 0. The second-order valence-electron chi connectivity index (χ2n) is 5.16. The minimum absolute atomic E-state index is 0.0191. The zero-order valence-corrected chi connectivity index (χ0v) is 12.9. The molecule has 0 radical (unpaired) electrons. The van der Waals surface area contributed by atoms with Gasteiger partial charge in [0.05, 0.1) is 10.3 Å². The lowest BCUT2D eigenvalue weighted by atomic mass is 10.1.